The average Bonchev–Trinajstić information content (AvgIpc) is 2.25. The molecule has 1 aliphatic carbocycles. The molecule has 1 heteroatoms. The molecule has 15 heavy (non-hydrogen) atoms. The Bertz CT molecular complexity index is 180. The van der Waals surface area contributed by atoms with Gasteiger partial charge >= 0.3 is 0 Å². The van der Waals surface area contributed by atoms with Crippen LogP contribution in [-0.2, 0) is 0 Å². The summed E-state index contributed by atoms with van der Waals surface area (Å²) < 4.78 is 0. The van der Waals surface area contributed by atoms with Crippen LogP contribution in [0.1, 0.15) is 66.2 Å². The Morgan fingerprint density at radius 1 is 1.20 bits per heavy atom. The summed E-state index contributed by atoms with van der Waals surface area (Å²) in [6.45, 7) is 9.12. The molecule has 1 N–H and O–H groups in total. The smallest absolute Gasteiger partial charge is 0.0568 e. The van der Waals surface area contributed by atoms with E-state index < -0.39 is 0 Å². The van der Waals surface area contributed by atoms with E-state index in [2.05, 4.69) is 27.7 Å². The fourth-order valence-corrected chi connectivity index (χ4v) is 2.51. The minimum absolute atomic E-state index is 0.0440. The summed E-state index contributed by atoms with van der Waals surface area (Å²) in [4.78, 5) is 0. The van der Waals surface area contributed by atoms with E-state index in [1.54, 1.807) is 0 Å². The van der Waals surface area contributed by atoms with Crippen molar-refractivity contribution >= 4 is 0 Å². The van der Waals surface area contributed by atoms with Crippen LogP contribution in [-0.4, -0.2) is 11.2 Å². The van der Waals surface area contributed by atoms with Gasteiger partial charge in [-0.1, -0.05) is 40.5 Å². The summed E-state index contributed by atoms with van der Waals surface area (Å²) in [6, 6.07) is 0. The minimum Gasteiger partial charge on any atom is -0.393 e. The van der Waals surface area contributed by atoms with E-state index in [-0.39, 0.29) is 6.10 Å². The molecule has 1 aliphatic rings. The normalized spacial score (nSPS) is 33.8. The van der Waals surface area contributed by atoms with E-state index in [1.165, 1.54) is 32.1 Å². The summed E-state index contributed by atoms with van der Waals surface area (Å²) in [6.07, 6.45) is 7.44. The number of aliphatic hydroxyl groups excluding tert-OH is 1. The third-order valence-electron chi connectivity index (χ3n) is 3.81. The Kier molecular flexibility index (Phi) is 4.64. The Labute approximate surface area is 95.3 Å². The van der Waals surface area contributed by atoms with Gasteiger partial charge in [-0.2, -0.15) is 0 Å². The molecule has 0 bridgehead atoms. The fraction of sp³-hybridized carbons (Fsp3) is 1.00. The van der Waals surface area contributed by atoms with Gasteiger partial charge < -0.3 is 5.11 Å². The SMILES string of the molecule is CC1CCCC(CCC(C)(C)C)CC1O. The molecule has 1 nitrogen and oxygen atoms in total. The van der Waals surface area contributed by atoms with Gasteiger partial charge in [0.05, 0.1) is 6.10 Å². The Hall–Kier alpha value is -0.0400. The molecular weight excluding hydrogens is 184 g/mol. The van der Waals surface area contributed by atoms with Crippen LogP contribution in [0.3, 0.4) is 0 Å². The first-order valence-corrected chi connectivity index (χ1v) is 6.56. The lowest BCUT2D eigenvalue weighted by Crippen LogP contribution is -2.19. The topological polar surface area (TPSA) is 20.2 Å². The van der Waals surface area contributed by atoms with Gasteiger partial charge in [-0.15, -0.1) is 0 Å². The van der Waals surface area contributed by atoms with Crippen LogP contribution in [0.2, 0.25) is 0 Å². The lowest BCUT2D eigenvalue weighted by Gasteiger charge is -2.23. The first kappa shape index (κ1) is 13.0. The average molecular weight is 212 g/mol. The predicted octanol–water partition coefficient (Wildman–Crippen LogP) is 4.00. The first-order chi connectivity index (χ1) is 6.88. The van der Waals surface area contributed by atoms with Crippen molar-refractivity contribution in [2.45, 2.75) is 72.3 Å². The predicted molar refractivity (Wildman–Crippen MR) is 65.8 cm³/mol. The van der Waals surface area contributed by atoms with Crippen LogP contribution in [0, 0.1) is 17.3 Å². The van der Waals surface area contributed by atoms with Crippen molar-refractivity contribution in [3.63, 3.8) is 0 Å². The van der Waals surface area contributed by atoms with Crippen molar-refractivity contribution < 1.29 is 5.11 Å². The maximum absolute atomic E-state index is 9.96. The molecule has 0 spiro atoms. The molecule has 0 aromatic rings. The maximum atomic E-state index is 9.96. The summed E-state index contributed by atoms with van der Waals surface area (Å²) in [5, 5.41) is 9.96. The van der Waals surface area contributed by atoms with E-state index in [9.17, 15) is 5.11 Å². The Balaban J connectivity index is 2.35. The quantitative estimate of drug-likeness (QED) is 0.686. The minimum atomic E-state index is -0.0440. The van der Waals surface area contributed by atoms with Gasteiger partial charge in [0, 0.05) is 0 Å². The largest absolute Gasteiger partial charge is 0.393 e. The Morgan fingerprint density at radius 3 is 2.47 bits per heavy atom. The number of hydrogen-bond donors (Lipinski definition) is 1. The van der Waals surface area contributed by atoms with Crippen LogP contribution in [0.25, 0.3) is 0 Å². The second-order valence-corrected chi connectivity index (χ2v) is 6.68. The van der Waals surface area contributed by atoms with Crippen LogP contribution in [0.4, 0.5) is 0 Å². The van der Waals surface area contributed by atoms with Gasteiger partial charge in [-0.3, -0.25) is 0 Å². The summed E-state index contributed by atoms with van der Waals surface area (Å²) in [5.41, 5.74) is 0.447. The third kappa shape index (κ3) is 5.01. The van der Waals surface area contributed by atoms with Crippen molar-refractivity contribution in [2.75, 3.05) is 0 Å². The third-order valence-corrected chi connectivity index (χ3v) is 3.81. The summed E-state index contributed by atoms with van der Waals surface area (Å²) in [7, 11) is 0. The highest BCUT2D eigenvalue weighted by atomic mass is 16.3. The van der Waals surface area contributed by atoms with Crippen molar-refractivity contribution in [1.82, 2.24) is 0 Å². The van der Waals surface area contributed by atoms with Crippen LogP contribution in [0.5, 0.6) is 0 Å². The molecule has 0 aromatic heterocycles. The molecule has 0 saturated heterocycles. The first-order valence-electron chi connectivity index (χ1n) is 6.56. The van der Waals surface area contributed by atoms with E-state index in [4.69, 9.17) is 0 Å². The number of aliphatic hydroxyl groups is 1. The summed E-state index contributed by atoms with van der Waals surface area (Å²) >= 11 is 0. The fourth-order valence-electron chi connectivity index (χ4n) is 2.51. The highest BCUT2D eigenvalue weighted by Gasteiger charge is 2.24. The van der Waals surface area contributed by atoms with Crippen LogP contribution >= 0.6 is 0 Å². The maximum Gasteiger partial charge on any atom is 0.0568 e. The number of rotatable bonds is 2. The molecule has 0 aliphatic heterocycles. The van der Waals surface area contributed by atoms with Crippen molar-refractivity contribution in [1.29, 1.82) is 0 Å². The lowest BCUT2D eigenvalue weighted by atomic mass is 9.84. The summed E-state index contributed by atoms with van der Waals surface area (Å²) in [5.74, 6) is 1.29. The Morgan fingerprint density at radius 2 is 1.87 bits per heavy atom. The van der Waals surface area contributed by atoms with E-state index >= 15 is 0 Å². The van der Waals surface area contributed by atoms with Crippen molar-refractivity contribution in [3.8, 4) is 0 Å². The molecule has 1 saturated carbocycles. The van der Waals surface area contributed by atoms with Crippen molar-refractivity contribution in [2.24, 2.45) is 17.3 Å². The zero-order valence-corrected chi connectivity index (χ0v) is 10.9. The highest BCUT2D eigenvalue weighted by molar-refractivity contribution is 4.76. The molecule has 0 radical (unpaired) electrons. The van der Waals surface area contributed by atoms with Crippen molar-refractivity contribution in [3.05, 3.63) is 0 Å². The zero-order valence-electron chi connectivity index (χ0n) is 10.9. The van der Waals surface area contributed by atoms with Crippen LogP contribution in [0.15, 0.2) is 0 Å². The van der Waals surface area contributed by atoms with Gasteiger partial charge in [-0.25, -0.2) is 0 Å². The van der Waals surface area contributed by atoms with E-state index in [0.717, 1.165) is 12.3 Å². The highest BCUT2D eigenvalue weighted by Crippen LogP contribution is 2.33. The molecule has 3 unspecified atom stereocenters. The molecule has 1 rings (SSSR count). The zero-order chi connectivity index (χ0) is 11.5. The van der Waals surface area contributed by atoms with Gasteiger partial charge in [0.1, 0.15) is 0 Å². The molecular formula is C14H28O. The van der Waals surface area contributed by atoms with Gasteiger partial charge in [0.15, 0.2) is 0 Å². The van der Waals surface area contributed by atoms with Gasteiger partial charge in [0.2, 0.25) is 0 Å². The van der Waals surface area contributed by atoms with E-state index in [1.807, 2.05) is 0 Å². The molecule has 90 valence electrons. The van der Waals surface area contributed by atoms with Gasteiger partial charge in [-0.05, 0) is 42.9 Å². The second kappa shape index (κ2) is 5.34. The lowest BCUT2D eigenvalue weighted by molar-refractivity contribution is 0.0944. The molecule has 0 aromatic carbocycles. The van der Waals surface area contributed by atoms with Crippen LogP contribution < -0.4 is 0 Å². The molecule has 0 amide bonds. The van der Waals surface area contributed by atoms with E-state index in [0.29, 0.717) is 11.3 Å². The second-order valence-electron chi connectivity index (χ2n) is 6.68. The monoisotopic (exact) mass is 212 g/mol. The molecule has 0 heterocycles. The standard InChI is InChI=1S/C14H28O/c1-11-6-5-7-12(10-13(11)15)8-9-14(2,3)4/h11-13,15H,5-10H2,1-4H3. The molecule has 3 atom stereocenters. The van der Waals surface area contributed by atoms with Gasteiger partial charge in [0.25, 0.3) is 0 Å². The number of hydrogen-bond acceptors (Lipinski definition) is 1. The molecule has 1 fully saturated rings.